The van der Waals surface area contributed by atoms with Crippen molar-refractivity contribution >= 4 is 27.6 Å². The number of hydrogen-bond acceptors (Lipinski definition) is 6. The SMILES string of the molecule is COC(=O)C(Br)COc1ccc(OC)c([N+](=O)[O-])c1. The molecule has 0 heterocycles. The predicted molar refractivity (Wildman–Crippen MR) is 69.9 cm³/mol. The zero-order valence-corrected chi connectivity index (χ0v) is 11.9. The molecule has 104 valence electrons. The van der Waals surface area contributed by atoms with E-state index in [0.717, 1.165) is 0 Å². The van der Waals surface area contributed by atoms with E-state index in [0.29, 0.717) is 0 Å². The van der Waals surface area contributed by atoms with E-state index >= 15 is 0 Å². The van der Waals surface area contributed by atoms with E-state index in [1.165, 1.54) is 32.4 Å². The van der Waals surface area contributed by atoms with E-state index < -0.39 is 15.7 Å². The Hall–Kier alpha value is -1.83. The Kier molecular flexibility index (Phi) is 5.56. The van der Waals surface area contributed by atoms with E-state index in [-0.39, 0.29) is 23.8 Å². The van der Waals surface area contributed by atoms with Crippen LogP contribution in [0, 0.1) is 10.1 Å². The van der Waals surface area contributed by atoms with Gasteiger partial charge in [-0.1, -0.05) is 15.9 Å². The van der Waals surface area contributed by atoms with Crippen molar-refractivity contribution in [1.82, 2.24) is 0 Å². The number of carbonyl (C=O) groups is 1. The van der Waals surface area contributed by atoms with Gasteiger partial charge in [0.25, 0.3) is 0 Å². The van der Waals surface area contributed by atoms with Gasteiger partial charge in [0.05, 0.1) is 25.2 Å². The van der Waals surface area contributed by atoms with Crippen molar-refractivity contribution in [3.05, 3.63) is 28.3 Å². The number of benzene rings is 1. The number of carbonyl (C=O) groups excluding carboxylic acids is 1. The summed E-state index contributed by atoms with van der Waals surface area (Å²) in [6.07, 6.45) is 0. The fourth-order valence-electron chi connectivity index (χ4n) is 1.27. The van der Waals surface area contributed by atoms with Gasteiger partial charge < -0.3 is 14.2 Å². The van der Waals surface area contributed by atoms with Gasteiger partial charge in [0.1, 0.15) is 17.2 Å². The third kappa shape index (κ3) is 4.09. The molecule has 1 rings (SSSR count). The smallest absolute Gasteiger partial charge is 0.322 e. The first-order valence-corrected chi connectivity index (χ1v) is 6.08. The predicted octanol–water partition coefficient (Wildman–Crippen LogP) is 1.92. The number of ether oxygens (including phenoxy) is 3. The summed E-state index contributed by atoms with van der Waals surface area (Å²) in [6, 6.07) is 4.17. The minimum absolute atomic E-state index is 0.00381. The third-order valence-corrected chi connectivity index (χ3v) is 2.84. The van der Waals surface area contributed by atoms with Crippen molar-refractivity contribution in [2.45, 2.75) is 4.83 Å². The minimum atomic E-state index is -0.640. The lowest BCUT2D eigenvalue weighted by Crippen LogP contribution is -2.22. The summed E-state index contributed by atoms with van der Waals surface area (Å²) < 4.78 is 14.6. The van der Waals surface area contributed by atoms with Gasteiger partial charge in [-0.15, -0.1) is 0 Å². The van der Waals surface area contributed by atoms with Gasteiger partial charge in [0, 0.05) is 0 Å². The lowest BCUT2D eigenvalue weighted by atomic mass is 10.3. The highest BCUT2D eigenvalue weighted by Gasteiger charge is 2.19. The summed E-state index contributed by atoms with van der Waals surface area (Å²) in [5.41, 5.74) is -0.204. The van der Waals surface area contributed by atoms with Gasteiger partial charge >= 0.3 is 11.7 Å². The molecule has 0 aromatic heterocycles. The molecule has 0 spiro atoms. The lowest BCUT2D eigenvalue weighted by Gasteiger charge is -2.10. The summed E-state index contributed by atoms with van der Waals surface area (Å²) in [7, 11) is 2.60. The van der Waals surface area contributed by atoms with Crippen LogP contribution in [0.1, 0.15) is 0 Å². The molecule has 0 bridgehead atoms. The van der Waals surface area contributed by atoms with Crippen LogP contribution in [-0.4, -0.2) is 36.5 Å². The number of halogens is 1. The molecule has 0 fully saturated rings. The van der Waals surface area contributed by atoms with E-state index in [9.17, 15) is 14.9 Å². The number of rotatable bonds is 6. The first-order valence-electron chi connectivity index (χ1n) is 5.16. The van der Waals surface area contributed by atoms with Crippen molar-refractivity contribution in [3.8, 4) is 11.5 Å². The first-order chi connectivity index (χ1) is 8.99. The highest BCUT2D eigenvalue weighted by Crippen LogP contribution is 2.30. The summed E-state index contributed by atoms with van der Waals surface area (Å²) in [5, 5.41) is 10.8. The molecule has 0 N–H and O–H groups in total. The molecule has 1 atom stereocenters. The quantitative estimate of drug-likeness (QED) is 0.342. The van der Waals surface area contributed by atoms with E-state index in [1.807, 2.05) is 0 Å². The molecule has 8 heteroatoms. The van der Waals surface area contributed by atoms with Gasteiger partial charge in [-0.25, -0.2) is 0 Å². The Bertz CT molecular complexity index is 478. The molecule has 1 unspecified atom stereocenters. The highest BCUT2D eigenvalue weighted by atomic mass is 79.9. The number of esters is 1. The third-order valence-electron chi connectivity index (χ3n) is 2.20. The number of hydrogen-bond donors (Lipinski definition) is 0. The van der Waals surface area contributed by atoms with Crippen LogP contribution in [-0.2, 0) is 9.53 Å². The van der Waals surface area contributed by atoms with E-state index in [4.69, 9.17) is 9.47 Å². The fraction of sp³-hybridized carbons (Fsp3) is 0.364. The van der Waals surface area contributed by atoms with Gasteiger partial charge in [-0.2, -0.15) is 0 Å². The maximum atomic E-state index is 11.1. The Balaban J connectivity index is 2.77. The fourth-order valence-corrected chi connectivity index (χ4v) is 1.59. The molecule has 19 heavy (non-hydrogen) atoms. The number of nitrogens with zero attached hydrogens (tertiary/aromatic N) is 1. The van der Waals surface area contributed by atoms with Crippen molar-refractivity contribution in [2.24, 2.45) is 0 Å². The molecule has 0 saturated heterocycles. The summed E-state index contributed by atoms with van der Waals surface area (Å²) in [4.78, 5) is 20.7. The van der Waals surface area contributed by atoms with Gasteiger partial charge in [0.15, 0.2) is 5.75 Å². The minimum Gasteiger partial charge on any atom is -0.492 e. The van der Waals surface area contributed by atoms with Gasteiger partial charge in [0.2, 0.25) is 0 Å². The summed E-state index contributed by atoms with van der Waals surface area (Å²) in [5.74, 6) is -0.0791. The van der Waals surface area contributed by atoms with E-state index in [1.54, 1.807) is 0 Å². The maximum Gasteiger partial charge on any atom is 0.322 e. The van der Waals surface area contributed by atoms with Crippen LogP contribution in [0.4, 0.5) is 5.69 Å². The lowest BCUT2D eigenvalue weighted by molar-refractivity contribution is -0.385. The Morgan fingerprint density at radius 3 is 2.68 bits per heavy atom. The Morgan fingerprint density at radius 2 is 2.16 bits per heavy atom. The molecule has 0 aliphatic carbocycles. The van der Waals surface area contributed by atoms with Crippen molar-refractivity contribution in [2.75, 3.05) is 20.8 Å². The number of nitro groups is 1. The normalized spacial score (nSPS) is 11.5. The van der Waals surface area contributed by atoms with Crippen LogP contribution >= 0.6 is 15.9 Å². The van der Waals surface area contributed by atoms with Crippen molar-refractivity contribution < 1.29 is 23.9 Å². The van der Waals surface area contributed by atoms with Crippen LogP contribution in [0.2, 0.25) is 0 Å². The molecule has 0 saturated carbocycles. The molecule has 0 radical (unpaired) electrons. The summed E-state index contributed by atoms with van der Waals surface area (Å²) >= 11 is 3.08. The molecular weight excluding hydrogens is 322 g/mol. The monoisotopic (exact) mass is 333 g/mol. The Morgan fingerprint density at radius 1 is 1.47 bits per heavy atom. The van der Waals surface area contributed by atoms with E-state index in [2.05, 4.69) is 20.7 Å². The molecule has 1 aromatic rings. The van der Waals surface area contributed by atoms with Crippen LogP contribution in [0.15, 0.2) is 18.2 Å². The average molecular weight is 334 g/mol. The zero-order chi connectivity index (χ0) is 14.4. The van der Waals surface area contributed by atoms with Crippen molar-refractivity contribution in [3.63, 3.8) is 0 Å². The number of alkyl halides is 1. The molecular formula is C11H12BrNO6. The van der Waals surface area contributed by atoms with Crippen LogP contribution in [0.5, 0.6) is 11.5 Å². The second-order valence-corrected chi connectivity index (χ2v) is 4.50. The largest absolute Gasteiger partial charge is 0.492 e. The summed E-state index contributed by atoms with van der Waals surface area (Å²) in [6.45, 7) is -0.00381. The van der Waals surface area contributed by atoms with Crippen molar-refractivity contribution in [1.29, 1.82) is 0 Å². The molecule has 1 aromatic carbocycles. The molecule has 7 nitrogen and oxygen atoms in total. The van der Waals surface area contributed by atoms with Crippen LogP contribution in [0.25, 0.3) is 0 Å². The topological polar surface area (TPSA) is 87.9 Å². The molecule has 0 aliphatic rings. The second-order valence-electron chi connectivity index (χ2n) is 3.39. The Labute approximate surface area is 117 Å². The van der Waals surface area contributed by atoms with Crippen LogP contribution < -0.4 is 9.47 Å². The number of methoxy groups -OCH3 is 2. The zero-order valence-electron chi connectivity index (χ0n) is 10.3. The first kappa shape index (κ1) is 15.2. The standard InChI is InChI=1S/C11H12BrNO6/c1-17-10-4-3-7(5-9(10)13(15)16)19-6-8(12)11(14)18-2/h3-5,8H,6H2,1-2H3. The molecule has 0 amide bonds. The average Bonchev–Trinajstić information content (AvgIpc) is 2.43. The van der Waals surface area contributed by atoms with Gasteiger partial charge in [-0.05, 0) is 12.1 Å². The highest BCUT2D eigenvalue weighted by molar-refractivity contribution is 9.10. The number of nitro benzene ring substituents is 1. The second kappa shape index (κ2) is 6.93. The molecule has 0 aliphatic heterocycles. The van der Waals surface area contributed by atoms with Gasteiger partial charge in [-0.3, -0.25) is 14.9 Å². The maximum absolute atomic E-state index is 11.1. The van der Waals surface area contributed by atoms with Crippen LogP contribution in [0.3, 0.4) is 0 Å².